The molecule has 2 rings (SSSR count). The van der Waals surface area contributed by atoms with Gasteiger partial charge >= 0.3 is 0 Å². The summed E-state index contributed by atoms with van der Waals surface area (Å²) < 4.78 is 10.3. The van der Waals surface area contributed by atoms with Gasteiger partial charge in [-0.2, -0.15) is 0 Å². The van der Waals surface area contributed by atoms with Crippen LogP contribution in [-0.2, 0) is 4.79 Å². The zero-order valence-electron chi connectivity index (χ0n) is 10.6. The van der Waals surface area contributed by atoms with Crippen LogP contribution in [-0.4, -0.2) is 24.1 Å². The van der Waals surface area contributed by atoms with E-state index in [2.05, 4.69) is 5.32 Å². The van der Waals surface area contributed by atoms with Crippen molar-refractivity contribution in [2.75, 3.05) is 12.5 Å². The van der Waals surface area contributed by atoms with E-state index in [1.54, 1.807) is 0 Å². The molecule has 102 valence electrons. The first-order valence-electron chi connectivity index (χ1n) is 5.63. The van der Waals surface area contributed by atoms with Gasteiger partial charge in [-0.3, -0.25) is 9.59 Å². The van der Waals surface area contributed by atoms with Crippen molar-refractivity contribution in [2.45, 2.75) is 19.4 Å². The highest BCUT2D eigenvalue weighted by Crippen LogP contribution is 2.35. The molecule has 1 aromatic rings. The molecule has 0 fully saturated rings. The van der Waals surface area contributed by atoms with Crippen LogP contribution in [0.2, 0.25) is 0 Å². The number of fused-ring (bicyclic) bond motifs is 1. The lowest BCUT2D eigenvalue weighted by Gasteiger charge is -2.22. The smallest absolute Gasteiger partial charge is 0.254 e. The van der Waals surface area contributed by atoms with Crippen molar-refractivity contribution in [3.8, 4) is 11.5 Å². The number of hydrogen-bond acceptors (Lipinski definition) is 5. The molecular formula is C12H15N3O4. The van der Waals surface area contributed by atoms with E-state index in [0.29, 0.717) is 11.5 Å². The highest BCUT2D eigenvalue weighted by molar-refractivity contribution is 6.02. The molecule has 0 aromatic heterocycles. The third-order valence-corrected chi connectivity index (χ3v) is 2.83. The summed E-state index contributed by atoms with van der Waals surface area (Å²) in [4.78, 5) is 23.3. The molecule has 0 atom stereocenters. The Hall–Kier alpha value is -2.44. The molecule has 0 aliphatic carbocycles. The second-order valence-electron chi connectivity index (χ2n) is 4.74. The lowest BCUT2D eigenvalue weighted by Crippen LogP contribution is -2.53. The van der Waals surface area contributed by atoms with Gasteiger partial charge in [0.2, 0.25) is 12.7 Å². The van der Waals surface area contributed by atoms with E-state index in [1.807, 2.05) is 0 Å². The number of amides is 2. The normalized spacial score (nSPS) is 13.2. The Bertz CT molecular complexity index is 554. The first-order chi connectivity index (χ1) is 8.81. The van der Waals surface area contributed by atoms with Crippen LogP contribution in [0, 0.1) is 0 Å². The first kappa shape index (κ1) is 13.0. The summed E-state index contributed by atoms with van der Waals surface area (Å²) in [6, 6.07) is 2.98. The monoisotopic (exact) mass is 265 g/mol. The molecule has 0 saturated carbocycles. The van der Waals surface area contributed by atoms with Gasteiger partial charge in [0.1, 0.15) is 5.54 Å². The predicted octanol–water partition coefficient (Wildman–Crippen LogP) is -0.00880. The Balaban J connectivity index is 2.27. The number of benzene rings is 1. The van der Waals surface area contributed by atoms with E-state index in [0.717, 1.165) is 0 Å². The predicted molar refractivity (Wildman–Crippen MR) is 67.7 cm³/mol. The second kappa shape index (κ2) is 4.34. The first-order valence-corrected chi connectivity index (χ1v) is 5.63. The Morgan fingerprint density at radius 3 is 2.42 bits per heavy atom. The number of carbonyl (C=O) groups is 2. The molecule has 1 aliphatic rings. The van der Waals surface area contributed by atoms with Gasteiger partial charge in [-0.1, -0.05) is 0 Å². The topological polar surface area (TPSA) is 117 Å². The van der Waals surface area contributed by atoms with Crippen LogP contribution < -0.4 is 26.3 Å². The van der Waals surface area contributed by atoms with E-state index in [4.69, 9.17) is 20.9 Å². The molecular weight excluding hydrogens is 250 g/mol. The van der Waals surface area contributed by atoms with Crippen LogP contribution in [0.4, 0.5) is 5.69 Å². The number of nitrogen functional groups attached to an aromatic ring is 1. The maximum atomic E-state index is 12.1. The minimum absolute atomic E-state index is 0.0899. The van der Waals surface area contributed by atoms with Crippen LogP contribution in [0.1, 0.15) is 24.2 Å². The minimum Gasteiger partial charge on any atom is -0.454 e. The van der Waals surface area contributed by atoms with Gasteiger partial charge in [0, 0.05) is 11.8 Å². The summed E-state index contributed by atoms with van der Waals surface area (Å²) in [5.41, 5.74) is 10.3. The summed E-state index contributed by atoms with van der Waals surface area (Å²) in [6.45, 7) is 3.11. The molecule has 0 bridgehead atoms. The highest BCUT2D eigenvalue weighted by atomic mass is 16.7. The third kappa shape index (κ3) is 2.40. The Kier molecular flexibility index (Phi) is 2.97. The number of anilines is 1. The molecule has 0 saturated heterocycles. The van der Waals surface area contributed by atoms with E-state index in [1.165, 1.54) is 26.0 Å². The van der Waals surface area contributed by atoms with Gasteiger partial charge in [-0.05, 0) is 19.9 Å². The fourth-order valence-corrected chi connectivity index (χ4v) is 1.57. The highest BCUT2D eigenvalue weighted by Gasteiger charge is 2.29. The Morgan fingerprint density at radius 2 is 1.84 bits per heavy atom. The molecule has 0 radical (unpaired) electrons. The van der Waals surface area contributed by atoms with E-state index in [-0.39, 0.29) is 18.0 Å². The SMILES string of the molecule is CC(C)(NC(=O)c1cc2c(cc1N)OCO2)C(N)=O. The number of rotatable bonds is 3. The lowest BCUT2D eigenvalue weighted by atomic mass is 10.0. The summed E-state index contributed by atoms with van der Waals surface area (Å²) in [5.74, 6) is -0.209. The fraction of sp³-hybridized carbons (Fsp3) is 0.333. The van der Waals surface area contributed by atoms with Crippen LogP contribution in [0.15, 0.2) is 12.1 Å². The van der Waals surface area contributed by atoms with Crippen molar-refractivity contribution < 1.29 is 19.1 Å². The molecule has 1 aliphatic heterocycles. The van der Waals surface area contributed by atoms with E-state index >= 15 is 0 Å². The van der Waals surface area contributed by atoms with Crippen LogP contribution in [0.3, 0.4) is 0 Å². The molecule has 5 N–H and O–H groups in total. The van der Waals surface area contributed by atoms with Crippen molar-refractivity contribution in [1.82, 2.24) is 5.32 Å². The summed E-state index contributed by atoms with van der Waals surface area (Å²) in [5, 5.41) is 2.51. The Labute approximate surface area is 109 Å². The number of nitrogens with two attached hydrogens (primary N) is 2. The fourth-order valence-electron chi connectivity index (χ4n) is 1.57. The average molecular weight is 265 g/mol. The van der Waals surface area contributed by atoms with Gasteiger partial charge in [0.15, 0.2) is 11.5 Å². The number of primary amides is 1. The van der Waals surface area contributed by atoms with E-state index < -0.39 is 17.4 Å². The molecule has 1 aromatic carbocycles. The molecule has 7 heteroatoms. The Morgan fingerprint density at radius 1 is 1.26 bits per heavy atom. The molecule has 19 heavy (non-hydrogen) atoms. The molecule has 0 unspecified atom stereocenters. The van der Waals surface area contributed by atoms with Crippen LogP contribution in [0.25, 0.3) is 0 Å². The maximum Gasteiger partial charge on any atom is 0.254 e. The second-order valence-corrected chi connectivity index (χ2v) is 4.74. The standard InChI is InChI=1S/C12H15N3O4/c1-12(2,11(14)17)15-10(16)6-3-8-9(4-7(6)13)19-5-18-8/h3-4H,5,13H2,1-2H3,(H2,14,17)(H,15,16). The molecule has 2 amide bonds. The summed E-state index contributed by atoms with van der Waals surface area (Å²) in [7, 11) is 0. The van der Waals surface area contributed by atoms with Gasteiger partial charge < -0.3 is 26.3 Å². The van der Waals surface area contributed by atoms with Crippen LogP contribution in [0.5, 0.6) is 11.5 Å². The van der Waals surface area contributed by atoms with Gasteiger partial charge in [0.05, 0.1) is 5.56 Å². The zero-order chi connectivity index (χ0) is 14.2. The third-order valence-electron chi connectivity index (χ3n) is 2.83. The van der Waals surface area contributed by atoms with Gasteiger partial charge in [-0.15, -0.1) is 0 Å². The van der Waals surface area contributed by atoms with Gasteiger partial charge in [0.25, 0.3) is 5.91 Å². The van der Waals surface area contributed by atoms with E-state index in [9.17, 15) is 9.59 Å². The average Bonchev–Trinajstić information content (AvgIpc) is 2.73. The maximum absolute atomic E-state index is 12.1. The number of carbonyl (C=O) groups excluding carboxylic acids is 2. The van der Waals surface area contributed by atoms with Crippen molar-refractivity contribution >= 4 is 17.5 Å². The quantitative estimate of drug-likeness (QED) is 0.664. The van der Waals surface area contributed by atoms with Crippen LogP contribution >= 0.6 is 0 Å². The number of nitrogens with one attached hydrogen (secondary N) is 1. The van der Waals surface area contributed by atoms with Gasteiger partial charge in [-0.25, -0.2) is 0 Å². The molecule has 1 heterocycles. The minimum atomic E-state index is -1.17. The number of hydrogen-bond donors (Lipinski definition) is 3. The zero-order valence-corrected chi connectivity index (χ0v) is 10.6. The largest absolute Gasteiger partial charge is 0.454 e. The lowest BCUT2D eigenvalue weighted by molar-refractivity contribution is -0.122. The van der Waals surface area contributed by atoms with Crippen molar-refractivity contribution in [2.24, 2.45) is 5.73 Å². The van der Waals surface area contributed by atoms with Crippen molar-refractivity contribution in [1.29, 1.82) is 0 Å². The summed E-state index contributed by atoms with van der Waals surface area (Å²) in [6.07, 6.45) is 0. The molecule has 0 spiro atoms. The summed E-state index contributed by atoms with van der Waals surface area (Å²) >= 11 is 0. The van der Waals surface area contributed by atoms with Crippen molar-refractivity contribution in [3.63, 3.8) is 0 Å². The van der Waals surface area contributed by atoms with Crippen molar-refractivity contribution in [3.05, 3.63) is 17.7 Å². The molecule has 7 nitrogen and oxygen atoms in total. The number of ether oxygens (including phenoxy) is 2.